The van der Waals surface area contributed by atoms with Crippen molar-refractivity contribution in [1.82, 2.24) is 0 Å². The summed E-state index contributed by atoms with van der Waals surface area (Å²) in [6, 6.07) is 26.9. The summed E-state index contributed by atoms with van der Waals surface area (Å²) in [5, 5.41) is 9.74. The zero-order valence-corrected chi connectivity index (χ0v) is 17.7. The van der Waals surface area contributed by atoms with Crippen molar-refractivity contribution in [3.63, 3.8) is 0 Å². The summed E-state index contributed by atoms with van der Waals surface area (Å²) in [7, 11) is 0. The third-order valence-electron chi connectivity index (χ3n) is 5.14. The smallest absolute Gasteiger partial charge is 0.124 e. The van der Waals surface area contributed by atoms with E-state index in [2.05, 4.69) is 70.2 Å². The summed E-state index contributed by atoms with van der Waals surface area (Å²) in [5.74, 6) is 1.74. The zero-order chi connectivity index (χ0) is 20.8. The zero-order valence-electron chi connectivity index (χ0n) is 17.7. The molecule has 0 heterocycles. The standard InChI is InChI=1S/C27H29NO/c1-19(2)16-27(23-8-6-5-7-9-23)29-25-14-15-26(24(17-25)18-28)22-12-10-21(11-13-22)20(3)4/h5-15,17,19-20,27H,16H2,1-4H3. The molecule has 1 unspecified atom stereocenters. The molecule has 0 spiro atoms. The minimum Gasteiger partial charge on any atom is -0.486 e. The molecule has 0 bridgehead atoms. The van der Waals surface area contributed by atoms with Crippen molar-refractivity contribution in [2.75, 3.05) is 0 Å². The summed E-state index contributed by atoms with van der Waals surface area (Å²) in [4.78, 5) is 0. The molecule has 3 aromatic rings. The molecule has 0 N–H and O–H groups in total. The van der Waals surface area contributed by atoms with Crippen LogP contribution in [0.2, 0.25) is 0 Å². The van der Waals surface area contributed by atoms with Crippen LogP contribution in [0.5, 0.6) is 5.75 Å². The van der Waals surface area contributed by atoms with Crippen molar-refractivity contribution in [3.8, 4) is 22.9 Å². The molecule has 29 heavy (non-hydrogen) atoms. The fourth-order valence-corrected chi connectivity index (χ4v) is 3.50. The third kappa shape index (κ3) is 5.27. The Morgan fingerprint density at radius 1 is 0.828 bits per heavy atom. The van der Waals surface area contributed by atoms with Crippen molar-refractivity contribution >= 4 is 0 Å². The second-order valence-electron chi connectivity index (χ2n) is 8.24. The van der Waals surface area contributed by atoms with Crippen molar-refractivity contribution in [2.45, 2.75) is 46.1 Å². The molecule has 2 nitrogen and oxygen atoms in total. The van der Waals surface area contributed by atoms with Gasteiger partial charge in [0.25, 0.3) is 0 Å². The highest BCUT2D eigenvalue weighted by molar-refractivity contribution is 5.71. The lowest BCUT2D eigenvalue weighted by Gasteiger charge is -2.22. The van der Waals surface area contributed by atoms with Gasteiger partial charge in [0.15, 0.2) is 0 Å². The van der Waals surface area contributed by atoms with Crippen molar-refractivity contribution < 1.29 is 4.74 Å². The second kappa shape index (κ2) is 9.43. The molecule has 148 valence electrons. The Bertz CT molecular complexity index is 966. The molecule has 0 aromatic heterocycles. The van der Waals surface area contributed by atoms with Gasteiger partial charge < -0.3 is 4.74 Å². The lowest BCUT2D eigenvalue weighted by Crippen LogP contribution is -2.10. The van der Waals surface area contributed by atoms with Gasteiger partial charge in [-0.15, -0.1) is 0 Å². The van der Waals surface area contributed by atoms with Gasteiger partial charge in [-0.2, -0.15) is 5.26 Å². The highest BCUT2D eigenvalue weighted by Crippen LogP contribution is 2.32. The van der Waals surface area contributed by atoms with Crippen LogP contribution in [-0.2, 0) is 0 Å². The monoisotopic (exact) mass is 383 g/mol. The lowest BCUT2D eigenvalue weighted by atomic mass is 9.96. The SMILES string of the molecule is CC(C)CC(Oc1ccc(-c2ccc(C(C)C)cc2)c(C#N)c1)c1ccccc1. The Balaban J connectivity index is 1.88. The first-order valence-corrected chi connectivity index (χ1v) is 10.3. The first-order chi connectivity index (χ1) is 14.0. The Labute approximate surface area is 174 Å². The van der Waals surface area contributed by atoms with Gasteiger partial charge >= 0.3 is 0 Å². The maximum atomic E-state index is 9.74. The van der Waals surface area contributed by atoms with Crippen molar-refractivity contribution in [2.24, 2.45) is 5.92 Å². The van der Waals surface area contributed by atoms with E-state index in [0.29, 0.717) is 17.4 Å². The Kier molecular flexibility index (Phi) is 6.73. The minimum absolute atomic E-state index is 0.0288. The Hall–Kier alpha value is -3.05. The van der Waals surface area contributed by atoms with Crippen LogP contribution >= 0.6 is 0 Å². The highest BCUT2D eigenvalue weighted by atomic mass is 16.5. The van der Waals surface area contributed by atoms with Crippen LogP contribution in [0.4, 0.5) is 0 Å². The lowest BCUT2D eigenvalue weighted by molar-refractivity contribution is 0.177. The number of nitrogens with zero attached hydrogens (tertiary/aromatic N) is 1. The van der Waals surface area contributed by atoms with E-state index in [1.54, 1.807) is 0 Å². The second-order valence-corrected chi connectivity index (χ2v) is 8.24. The van der Waals surface area contributed by atoms with E-state index in [-0.39, 0.29) is 6.10 Å². The number of ether oxygens (including phenoxy) is 1. The van der Waals surface area contributed by atoms with Crippen LogP contribution < -0.4 is 4.74 Å². The van der Waals surface area contributed by atoms with E-state index in [4.69, 9.17) is 4.74 Å². The van der Waals surface area contributed by atoms with Crippen LogP contribution in [0.25, 0.3) is 11.1 Å². The Morgan fingerprint density at radius 3 is 2.10 bits per heavy atom. The Morgan fingerprint density at radius 2 is 1.52 bits per heavy atom. The van der Waals surface area contributed by atoms with Crippen LogP contribution in [0.15, 0.2) is 72.8 Å². The van der Waals surface area contributed by atoms with Gasteiger partial charge in [-0.1, -0.05) is 82.3 Å². The van der Waals surface area contributed by atoms with Gasteiger partial charge in [-0.05, 0) is 58.7 Å². The molecule has 0 amide bonds. The van der Waals surface area contributed by atoms with Crippen molar-refractivity contribution in [1.29, 1.82) is 5.26 Å². The van der Waals surface area contributed by atoms with E-state index < -0.39 is 0 Å². The molecule has 3 aromatic carbocycles. The average molecular weight is 384 g/mol. The summed E-state index contributed by atoms with van der Waals surface area (Å²) >= 11 is 0. The van der Waals surface area contributed by atoms with E-state index >= 15 is 0 Å². The maximum absolute atomic E-state index is 9.74. The van der Waals surface area contributed by atoms with Gasteiger partial charge in [0.2, 0.25) is 0 Å². The fraction of sp³-hybridized carbons (Fsp3) is 0.296. The fourth-order valence-electron chi connectivity index (χ4n) is 3.50. The highest BCUT2D eigenvalue weighted by Gasteiger charge is 2.16. The molecule has 0 fully saturated rings. The quantitative estimate of drug-likeness (QED) is 0.423. The van der Waals surface area contributed by atoms with Crippen molar-refractivity contribution in [3.05, 3.63) is 89.5 Å². The molecule has 0 saturated carbocycles. The number of hydrogen-bond acceptors (Lipinski definition) is 2. The third-order valence-corrected chi connectivity index (χ3v) is 5.14. The first-order valence-electron chi connectivity index (χ1n) is 10.3. The summed E-state index contributed by atoms with van der Waals surface area (Å²) in [6.07, 6.45) is 0.892. The normalized spacial score (nSPS) is 12.0. The van der Waals surface area contributed by atoms with Crippen LogP contribution in [-0.4, -0.2) is 0 Å². The van der Waals surface area contributed by atoms with Gasteiger partial charge in [0.05, 0.1) is 11.6 Å². The molecule has 0 aliphatic heterocycles. The predicted octanol–water partition coefficient (Wildman–Crippen LogP) is 7.51. The van der Waals surface area contributed by atoms with Crippen LogP contribution in [0.1, 0.15) is 62.8 Å². The molecule has 0 aliphatic carbocycles. The predicted molar refractivity (Wildman–Crippen MR) is 120 cm³/mol. The van der Waals surface area contributed by atoms with Crippen LogP contribution in [0, 0.1) is 17.2 Å². The average Bonchev–Trinajstić information content (AvgIpc) is 2.73. The molecule has 0 aliphatic rings. The maximum Gasteiger partial charge on any atom is 0.124 e. The molecular weight excluding hydrogens is 354 g/mol. The number of benzene rings is 3. The molecule has 0 radical (unpaired) electrons. The van der Waals surface area contributed by atoms with E-state index in [1.165, 1.54) is 5.56 Å². The van der Waals surface area contributed by atoms with E-state index in [9.17, 15) is 5.26 Å². The molecular formula is C27H29NO. The summed E-state index contributed by atoms with van der Waals surface area (Å²) in [5.41, 5.74) is 5.09. The van der Waals surface area contributed by atoms with Gasteiger partial charge in [0, 0.05) is 0 Å². The van der Waals surface area contributed by atoms with E-state index in [0.717, 1.165) is 28.9 Å². The van der Waals surface area contributed by atoms with Crippen LogP contribution in [0.3, 0.4) is 0 Å². The van der Waals surface area contributed by atoms with Gasteiger partial charge in [-0.3, -0.25) is 0 Å². The van der Waals surface area contributed by atoms with E-state index in [1.807, 2.05) is 36.4 Å². The topological polar surface area (TPSA) is 33.0 Å². The van der Waals surface area contributed by atoms with Gasteiger partial charge in [0.1, 0.15) is 11.9 Å². The summed E-state index contributed by atoms with van der Waals surface area (Å²) < 4.78 is 6.34. The molecule has 2 heteroatoms. The molecule has 0 saturated heterocycles. The van der Waals surface area contributed by atoms with Gasteiger partial charge in [-0.25, -0.2) is 0 Å². The number of hydrogen-bond donors (Lipinski definition) is 0. The first kappa shape index (κ1) is 20.7. The summed E-state index contributed by atoms with van der Waals surface area (Å²) in [6.45, 7) is 8.76. The number of rotatable bonds is 7. The molecule has 3 rings (SSSR count). The number of nitriles is 1. The minimum atomic E-state index is -0.0288. The largest absolute Gasteiger partial charge is 0.486 e. The molecule has 1 atom stereocenters.